The molecule has 0 radical (unpaired) electrons. The van der Waals surface area contributed by atoms with E-state index in [2.05, 4.69) is 0 Å². The topological polar surface area (TPSA) is 243 Å². The van der Waals surface area contributed by atoms with Crippen LogP contribution in [0.3, 0.4) is 0 Å². The van der Waals surface area contributed by atoms with Gasteiger partial charge in [-0.2, -0.15) is 0 Å². The minimum absolute atomic E-state index is 0.0168. The van der Waals surface area contributed by atoms with Crippen LogP contribution in [0.1, 0.15) is 11.1 Å². The number of furan rings is 1. The van der Waals surface area contributed by atoms with E-state index in [1.165, 1.54) is 12.1 Å². The van der Waals surface area contributed by atoms with Crippen LogP contribution < -0.4 is 14.2 Å². The minimum atomic E-state index is -0.692. The zero-order valence-corrected chi connectivity index (χ0v) is 22.4. The standard InChI is InChI=1S/C31H20O14/c32-11-1-10(2-12(33)4-11)3-14-15(35)7-19(39)27-25(14)43-29-21(41)9-22-24(31(29)45-27)23-16(36)8-20(40)28(30(23)42-22)44-26-17(37)5-13(34)6-18(26)38/h1-2,4-9,32-41H,3H2. The molecule has 7 rings (SSSR count). The Morgan fingerprint density at radius 1 is 0.467 bits per heavy atom. The van der Waals surface area contributed by atoms with E-state index in [1.807, 2.05) is 0 Å². The predicted molar refractivity (Wildman–Crippen MR) is 153 cm³/mol. The maximum absolute atomic E-state index is 10.9. The Kier molecular flexibility index (Phi) is 5.67. The molecule has 0 fully saturated rings. The monoisotopic (exact) mass is 616 g/mol. The number of fused-ring (bicyclic) bond motifs is 6. The number of aromatic hydroxyl groups is 10. The maximum atomic E-state index is 10.9. The Labute approximate surface area is 249 Å². The van der Waals surface area contributed by atoms with E-state index in [4.69, 9.17) is 18.6 Å². The summed E-state index contributed by atoms with van der Waals surface area (Å²) >= 11 is 0. The third-order valence-electron chi connectivity index (χ3n) is 7.12. The third kappa shape index (κ3) is 4.19. The van der Waals surface area contributed by atoms with E-state index < -0.39 is 57.5 Å². The molecule has 0 atom stereocenters. The number of benzene rings is 5. The zero-order valence-electron chi connectivity index (χ0n) is 22.4. The third-order valence-corrected chi connectivity index (χ3v) is 7.12. The number of hydrogen-bond donors (Lipinski definition) is 10. The molecule has 1 aliphatic heterocycles. The molecule has 45 heavy (non-hydrogen) atoms. The zero-order chi connectivity index (χ0) is 31.9. The van der Waals surface area contributed by atoms with Gasteiger partial charge >= 0.3 is 0 Å². The molecule has 0 spiro atoms. The summed E-state index contributed by atoms with van der Waals surface area (Å²) in [5.74, 6) is -7.19. The second-order valence-electron chi connectivity index (χ2n) is 10.2. The van der Waals surface area contributed by atoms with Crippen molar-refractivity contribution < 1.29 is 69.7 Å². The van der Waals surface area contributed by atoms with Crippen molar-refractivity contribution in [3.05, 3.63) is 59.7 Å². The van der Waals surface area contributed by atoms with Crippen LogP contribution in [0.5, 0.6) is 92.0 Å². The van der Waals surface area contributed by atoms with E-state index in [-0.39, 0.29) is 68.4 Å². The summed E-state index contributed by atoms with van der Waals surface area (Å²) in [6.45, 7) is 0. The van der Waals surface area contributed by atoms with E-state index in [9.17, 15) is 51.1 Å². The van der Waals surface area contributed by atoms with Gasteiger partial charge in [0.15, 0.2) is 45.8 Å². The van der Waals surface area contributed by atoms with Gasteiger partial charge < -0.3 is 69.7 Å². The van der Waals surface area contributed by atoms with Crippen LogP contribution in [-0.4, -0.2) is 51.1 Å². The lowest BCUT2D eigenvalue weighted by molar-refractivity contribution is 0.318. The Morgan fingerprint density at radius 3 is 1.71 bits per heavy atom. The Hall–Kier alpha value is -6.70. The molecule has 14 heteroatoms. The Balaban J connectivity index is 1.41. The molecule has 0 saturated heterocycles. The van der Waals surface area contributed by atoms with Gasteiger partial charge in [0.25, 0.3) is 0 Å². The predicted octanol–water partition coefficient (Wildman–Crippen LogP) is 5.92. The van der Waals surface area contributed by atoms with Gasteiger partial charge in [0, 0.05) is 48.4 Å². The number of hydrogen-bond acceptors (Lipinski definition) is 14. The highest BCUT2D eigenvalue weighted by atomic mass is 16.6. The Bertz CT molecular complexity index is 2190. The molecule has 14 nitrogen and oxygen atoms in total. The minimum Gasteiger partial charge on any atom is -0.508 e. The first-order chi connectivity index (χ1) is 21.4. The molecule has 1 aliphatic rings. The van der Waals surface area contributed by atoms with Crippen molar-refractivity contribution in [2.45, 2.75) is 6.42 Å². The first-order valence-corrected chi connectivity index (χ1v) is 12.9. The highest BCUT2D eigenvalue weighted by Crippen LogP contribution is 2.61. The molecule has 1 aromatic heterocycles. The fraction of sp³-hybridized carbons (Fsp3) is 0.0323. The van der Waals surface area contributed by atoms with Crippen LogP contribution in [0.25, 0.3) is 21.9 Å². The van der Waals surface area contributed by atoms with Crippen molar-refractivity contribution in [1.82, 2.24) is 0 Å². The van der Waals surface area contributed by atoms with Gasteiger partial charge in [-0.3, -0.25) is 0 Å². The van der Waals surface area contributed by atoms with E-state index in [0.29, 0.717) is 5.56 Å². The molecular weight excluding hydrogens is 596 g/mol. The lowest BCUT2D eigenvalue weighted by atomic mass is 10.0. The molecule has 10 N–H and O–H groups in total. The molecule has 0 bridgehead atoms. The highest BCUT2D eigenvalue weighted by molar-refractivity contribution is 6.15. The summed E-state index contributed by atoms with van der Waals surface area (Å²) in [4.78, 5) is 0. The van der Waals surface area contributed by atoms with Gasteiger partial charge in [-0.1, -0.05) is 0 Å². The average molecular weight is 616 g/mol. The summed E-state index contributed by atoms with van der Waals surface area (Å²) in [5.41, 5.74) is -0.0247. The molecule has 6 aromatic rings. The van der Waals surface area contributed by atoms with Gasteiger partial charge in [-0.05, 0) is 17.7 Å². The first-order valence-electron chi connectivity index (χ1n) is 12.9. The van der Waals surface area contributed by atoms with Crippen LogP contribution in [0.2, 0.25) is 0 Å². The summed E-state index contributed by atoms with van der Waals surface area (Å²) in [5, 5.41) is 104. The van der Waals surface area contributed by atoms with Crippen molar-refractivity contribution in [1.29, 1.82) is 0 Å². The van der Waals surface area contributed by atoms with Crippen molar-refractivity contribution in [3.8, 4) is 92.0 Å². The van der Waals surface area contributed by atoms with Crippen molar-refractivity contribution in [3.63, 3.8) is 0 Å². The van der Waals surface area contributed by atoms with Gasteiger partial charge in [0.1, 0.15) is 34.3 Å². The Morgan fingerprint density at radius 2 is 1.02 bits per heavy atom. The second kappa shape index (κ2) is 9.40. The maximum Gasteiger partial charge on any atom is 0.212 e. The smallest absolute Gasteiger partial charge is 0.212 e. The van der Waals surface area contributed by atoms with Gasteiger partial charge in [0.2, 0.25) is 23.0 Å². The van der Waals surface area contributed by atoms with Crippen LogP contribution >= 0.6 is 0 Å². The highest BCUT2D eigenvalue weighted by Gasteiger charge is 2.34. The first kappa shape index (κ1) is 27.2. The van der Waals surface area contributed by atoms with Crippen molar-refractivity contribution in [2.24, 2.45) is 0 Å². The van der Waals surface area contributed by atoms with Crippen LogP contribution in [0.15, 0.2) is 52.9 Å². The number of ether oxygens (including phenoxy) is 3. The molecule has 5 aromatic carbocycles. The van der Waals surface area contributed by atoms with Gasteiger partial charge in [-0.15, -0.1) is 0 Å². The van der Waals surface area contributed by atoms with E-state index >= 15 is 0 Å². The summed E-state index contributed by atoms with van der Waals surface area (Å²) in [6, 6.07) is 8.52. The fourth-order valence-electron chi connectivity index (χ4n) is 5.26. The fourth-order valence-corrected chi connectivity index (χ4v) is 5.26. The average Bonchev–Trinajstić information content (AvgIpc) is 3.33. The van der Waals surface area contributed by atoms with Crippen molar-refractivity contribution >= 4 is 21.9 Å². The molecule has 0 unspecified atom stereocenters. The number of rotatable bonds is 4. The molecule has 0 saturated carbocycles. The van der Waals surface area contributed by atoms with Gasteiger partial charge in [-0.25, -0.2) is 0 Å². The normalized spacial score (nSPS) is 12.0. The van der Waals surface area contributed by atoms with Crippen molar-refractivity contribution in [2.75, 3.05) is 0 Å². The lowest BCUT2D eigenvalue weighted by Gasteiger charge is -2.25. The molecule has 0 aliphatic carbocycles. The van der Waals surface area contributed by atoms with Gasteiger partial charge in [0.05, 0.1) is 10.8 Å². The summed E-state index contributed by atoms with van der Waals surface area (Å²) < 4.78 is 23.4. The van der Waals surface area contributed by atoms with Crippen LogP contribution in [0, 0.1) is 0 Å². The number of phenols is 10. The largest absolute Gasteiger partial charge is 0.508 e. The van der Waals surface area contributed by atoms with E-state index in [1.54, 1.807) is 0 Å². The summed E-state index contributed by atoms with van der Waals surface area (Å²) in [7, 11) is 0. The quantitative estimate of drug-likeness (QED) is 0.110. The van der Waals surface area contributed by atoms with E-state index in [0.717, 1.165) is 36.4 Å². The molecule has 228 valence electrons. The SMILES string of the molecule is Oc1cc(O)cc(Cc2c(O)cc(O)c3c2Oc2c(O)cc4oc5c(Oc6c(O)cc(O)cc6O)c(O)cc(O)c5c4c2O3)c1. The second-order valence-corrected chi connectivity index (χ2v) is 10.2. The lowest BCUT2D eigenvalue weighted by Crippen LogP contribution is -2.04. The molecular formula is C31H20O14. The number of phenolic OH excluding ortho intramolecular Hbond substituents is 10. The van der Waals surface area contributed by atoms with Crippen LogP contribution in [0.4, 0.5) is 0 Å². The van der Waals surface area contributed by atoms with Crippen LogP contribution in [-0.2, 0) is 6.42 Å². The molecule has 0 amide bonds. The molecule has 2 heterocycles. The summed E-state index contributed by atoms with van der Waals surface area (Å²) in [6.07, 6.45) is -0.121.